The smallest absolute Gasteiger partial charge is 0.348 e. The number of hydrogen-bond acceptors (Lipinski definition) is 3. The predicted octanol–water partition coefficient (Wildman–Crippen LogP) is 4.49. The molecule has 1 amide bonds. The molecule has 0 atom stereocenters. The van der Waals surface area contributed by atoms with E-state index in [2.05, 4.69) is 15.3 Å². The third-order valence-corrected chi connectivity index (χ3v) is 3.92. The molecule has 7 heteroatoms. The molecule has 0 unspecified atom stereocenters. The van der Waals surface area contributed by atoms with Crippen molar-refractivity contribution < 1.29 is 18.0 Å². The molecule has 0 aliphatic carbocycles. The maximum Gasteiger partial charge on any atom is 0.433 e. The van der Waals surface area contributed by atoms with Crippen LogP contribution < -0.4 is 5.32 Å². The molecule has 0 saturated carbocycles. The molecule has 0 bridgehead atoms. The fourth-order valence-corrected chi connectivity index (χ4v) is 2.44. The van der Waals surface area contributed by atoms with Crippen LogP contribution in [0.1, 0.15) is 16.8 Å². The minimum atomic E-state index is -4.48. The van der Waals surface area contributed by atoms with Crippen LogP contribution in [0.5, 0.6) is 0 Å². The van der Waals surface area contributed by atoms with E-state index in [1.54, 1.807) is 12.4 Å². The van der Waals surface area contributed by atoms with Crippen LogP contribution in [0.4, 0.5) is 13.2 Å². The number of hydrogen-bond donors (Lipinski definition) is 1. The highest BCUT2D eigenvalue weighted by atomic mass is 19.4. The molecule has 2 aromatic heterocycles. The third kappa shape index (κ3) is 5.26. The number of amides is 1. The topological polar surface area (TPSA) is 54.9 Å². The first-order valence-corrected chi connectivity index (χ1v) is 8.40. The van der Waals surface area contributed by atoms with E-state index < -0.39 is 11.9 Å². The Kier molecular flexibility index (Phi) is 5.84. The first-order chi connectivity index (χ1) is 13.4. The second-order valence-electron chi connectivity index (χ2n) is 5.96. The van der Waals surface area contributed by atoms with Crippen molar-refractivity contribution in [2.75, 3.05) is 0 Å². The number of carbonyl (C=O) groups is 1. The van der Waals surface area contributed by atoms with Crippen molar-refractivity contribution in [3.05, 3.63) is 90.0 Å². The summed E-state index contributed by atoms with van der Waals surface area (Å²) in [6.07, 6.45) is 2.75. The molecule has 4 nitrogen and oxygen atoms in total. The lowest BCUT2D eigenvalue weighted by Crippen LogP contribution is -2.20. The molecule has 0 aliphatic heterocycles. The van der Waals surface area contributed by atoms with Gasteiger partial charge < -0.3 is 5.32 Å². The van der Waals surface area contributed by atoms with Gasteiger partial charge in [0, 0.05) is 31.2 Å². The average molecular weight is 383 g/mol. The Bertz CT molecular complexity index is 951. The normalized spacial score (nSPS) is 11.5. The number of alkyl halides is 3. The van der Waals surface area contributed by atoms with E-state index in [1.807, 2.05) is 36.4 Å². The fraction of sp³-hybridized carbons (Fsp3) is 0.0952. The first kappa shape index (κ1) is 19.3. The van der Waals surface area contributed by atoms with Crippen LogP contribution in [0.3, 0.4) is 0 Å². The summed E-state index contributed by atoms with van der Waals surface area (Å²) in [4.78, 5) is 19.3. The van der Waals surface area contributed by atoms with Crippen LogP contribution in [-0.2, 0) is 17.5 Å². The van der Waals surface area contributed by atoms with Crippen molar-refractivity contribution in [2.45, 2.75) is 12.7 Å². The van der Waals surface area contributed by atoms with Gasteiger partial charge in [0.1, 0.15) is 5.69 Å². The Hall–Kier alpha value is -3.48. The van der Waals surface area contributed by atoms with Crippen molar-refractivity contribution in [3.63, 3.8) is 0 Å². The van der Waals surface area contributed by atoms with Gasteiger partial charge >= 0.3 is 6.18 Å². The molecule has 28 heavy (non-hydrogen) atoms. The SMILES string of the molecule is O=C(/C=C/c1ccc(C(F)(F)F)nc1)NCc1ccc(-c2cccnc2)cc1. The van der Waals surface area contributed by atoms with Gasteiger partial charge in [0.05, 0.1) is 0 Å². The molecule has 0 spiro atoms. The number of benzene rings is 1. The Balaban J connectivity index is 1.53. The largest absolute Gasteiger partial charge is 0.433 e. The molecular weight excluding hydrogens is 367 g/mol. The molecule has 2 heterocycles. The van der Waals surface area contributed by atoms with Crippen LogP contribution in [0, 0.1) is 0 Å². The maximum atomic E-state index is 12.5. The molecule has 0 radical (unpaired) electrons. The maximum absolute atomic E-state index is 12.5. The molecule has 3 rings (SSSR count). The van der Waals surface area contributed by atoms with Gasteiger partial charge in [-0.05, 0) is 40.5 Å². The van der Waals surface area contributed by atoms with E-state index in [9.17, 15) is 18.0 Å². The number of nitrogens with zero attached hydrogens (tertiary/aromatic N) is 2. The fourth-order valence-electron chi connectivity index (χ4n) is 2.44. The van der Waals surface area contributed by atoms with Crippen LogP contribution in [0.25, 0.3) is 17.2 Å². The zero-order valence-corrected chi connectivity index (χ0v) is 14.6. The summed E-state index contributed by atoms with van der Waals surface area (Å²) >= 11 is 0. The van der Waals surface area contributed by atoms with Gasteiger partial charge in [0.15, 0.2) is 0 Å². The molecule has 0 saturated heterocycles. The van der Waals surface area contributed by atoms with E-state index in [0.29, 0.717) is 12.1 Å². The van der Waals surface area contributed by atoms with Crippen LogP contribution >= 0.6 is 0 Å². The van der Waals surface area contributed by atoms with E-state index in [0.717, 1.165) is 29.0 Å². The molecule has 0 aliphatic rings. The molecule has 0 fully saturated rings. The van der Waals surface area contributed by atoms with Crippen molar-refractivity contribution in [3.8, 4) is 11.1 Å². The van der Waals surface area contributed by atoms with E-state index >= 15 is 0 Å². The number of pyridine rings is 2. The highest BCUT2D eigenvalue weighted by molar-refractivity contribution is 5.91. The Morgan fingerprint density at radius 2 is 1.79 bits per heavy atom. The van der Waals surface area contributed by atoms with Crippen LogP contribution in [0.15, 0.2) is 73.2 Å². The van der Waals surface area contributed by atoms with Gasteiger partial charge in [-0.3, -0.25) is 14.8 Å². The summed E-state index contributed by atoms with van der Waals surface area (Å²) in [7, 11) is 0. The zero-order chi connectivity index (χ0) is 20.0. The van der Waals surface area contributed by atoms with Gasteiger partial charge in [0.2, 0.25) is 5.91 Å². The Morgan fingerprint density at radius 3 is 2.39 bits per heavy atom. The summed E-state index contributed by atoms with van der Waals surface area (Å²) in [6.45, 7) is 0.335. The Morgan fingerprint density at radius 1 is 1.00 bits per heavy atom. The summed E-state index contributed by atoms with van der Waals surface area (Å²) in [6, 6.07) is 13.7. The molecule has 3 aromatic rings. The summed E-state index contributed by atoms with van der Waals surface area (Å²) in [5.41, 5.74) is 2.39. The highest BCUT2D eigenvalue weighted by Gasteiger charge is 2.31. The lowest BCUT2D eigenvalue weighted by atomic mass is 10.1. The summed E-state index contributed by atoms with van der Waals surface area (Å²) in [5.74, 6) is -0.351. The van der Waals surface area contributed by atoms with E-state index in [1.165, 1.54) is 18.2 Å². The quantitative estimate of drug-likeness (QED) is 0.661. The molecule has 142 valence electrons. The standard InChI is InChI=1S/C21H16F3N3O/c22-21(23,24)19-9-5-16(12-26-19)6-10-20(28)27-13-15-3-7-17(8-4-15)18-2-1-11-25-14-18/h1-12,14H,13H2,(H,27,28)/b10-6+. The highest BCUT2D eigenvalue weighted by Crippen LogP contribution is 2.27. The lowest BCUT2D eigenvalue weighted by molar-refractivity contribution is -0.141. The molecule has 1 N–H and O–H groups in total. The monoisotopic (exact) mass is 383 g/mol. The second kappa shape index (κ2) is 8.47. The molecular formula is C21H16F3N3O. The zero-order valence-electron chi connectivity index (χ0n) is 14.6. The van der Waals surface area contributed by atoms with Crippen LogP contribution in [0.2, 0.25) is 0 Å². The summed E-state index contributed by atoms with van der Waals surface area (Å²) < 4.78 is 37.4. The molecule has 1 aromatic carbocycles. The van der Waals surface area contributed by atoms with E-state index in [4.69, 9.17) is 0 Å². The van der Waals surface area contributed by atoms with Gasteiger partial charge in [-0.25, -0.2) is 0 Å². The minimum Gasteiger partial charge on any atom is -0.348 e. The first-order valence-electron chi connectivity index (χ1n) is 8.40. The number of aromatic nitrogens is 2. The van der Waals surface area contributed by atoms with Crippen LogP contribution in [-0.4, -0.2) is 15.9 Å². The van der Waals surface area contributed by atoms with Crippen molar-refractivity contribution in [1.82, 2.24) is 15.3 Å². The van der Waals surface area contributed by atoms with Crippen molar-refractivity contribution in [1.29, 1.82) is 0 Å². The number of nitrogens with one attached hydrogen (secondary N) is 1. The third-order valence-electron chi connectivity index (χ3n) is 3.92. The van der Waals surface area contributed by atoms with Crippen molar-refractivity contribution in [2.24, 2.45) is 0 Å². The van der Waals surface area contributed by atoms with Crippen molar-refractivity contribution >= 4 is 12.0 Å². The van der Waals surface area contributed by atoms with Gasteiger partial charge in [-0.2, -0.15) is 13.2 Å². The van der Waals surface area contributed by atoms with Gasteiger partial charge in [-0.15, -0.1) is 0 Å². The van der Waals surface area contributed by atoms with Gasteiger partial charge in [-0.1, -0.05) is 36.4 Å². The second-order valence-corrected chi connectivity index (χ2v) is 5.96. The average Bonchev–Trinajstić information content (AvgIpc) is 2.71. The van der Waals surface area contributed by atoms with Gasteiger partial charge in [0.25, 0.3) is 0 Å². The number of halogens is 3. The predicted molar refractivity (Wildman–Crippen MR) is 99.8 cm³/mol. The number of carbonyl (C=O) groups excluding carboxylic acids is 1. The lowest BCUT2D eigenvalue weighted by Gasteiger charge is -2.06. The minimum absolute atomic E-state index is 0.335. The number of rotatable bonds is 5. The summed E-state index contributed by atoms with van der Waals surface area (Å²) in [5, 5.41) is 2.73. The Labute approximate surface area is 159 Å². The van der Waals surface area contributed by atoms with E-state index in [-0.39, 0.29) is 5.91 Å².